The van der Waals surface area contributed by atoms with E-state index in [0.717, 1.165) is 18.6 Å². The number of fused-ring (bicyclic) bond motifs is 1. The summed E-state index contributed by atoms with van der Waals surface area (Å²) in [5, 5.41) is 7.46. The second-order valence-corrected chi connectivity index (χ2v) is 5.82. The molecule has 1 aromatic heterocycles. The van der Waals surface area contributed by atoms with Gasteiger partial charge in [-0.1, -0.05) is 26.0 Å². The molecule has 21 heavy (non-hydrogen) atoms. The molecule has 0 spiro atoms. The highest BCUT2D eigenvalue weighted by atomic mass is 16.1. The number of likely N-dealkylation sites (N-methyl/N-ethyl adjacent to an activating group) is 1. The van der Waals surface area contributed by atoms with Gasteiger partial charge in [0.1, 0.15) is 6.54 Å². The van der Waals surface area contributed by atoms with E-state index in [1.165, 1.54) is 10.9 Å². The quantitative estimate of drug-likeness (QED) is 0.822. The zero-order valence-corrected chi connectivity index (χ0v) is 13.1. The lowest BCUT2D eigenvalue weighted by molar-refractivity contribution is -0.121. The number of aromatic nitrogens is 1. The first-order chi connectivity index (χ1) is 10.1. The molecule has 1 heterocycles. The van der Waals surface area contributed by atoms with Gasteiger partial charge in [0.15, 0.2) is 0 Å². The molecule has 0 fully saturated rings. The maximum absolute atomic E-state index is 11.7. The maximum Gasteiger partial charge on any atom is 0.239 e. The SMILES string of the molecule is CCNC(=O)Cn1ccc2ccc(CNCC(C)C)cc21. The number of hydrogen-bond acceptors (Lipinski definition) is 2. The van der Waals surface area contributed by atoms with Crippen LogP contribution in [-0.4, -0.2) is 23.6 Å². The fourth-order valence-corrected chi connectivity index (χ4v) is 2.39. The van der Waals surface area contributed by atoms with E-state index >= 15 is 0 Å². The van der Waals surface area contributed by atoms with Crippen molar-refractivity contribution in [1.29, 1.82) is 0 Å². The van der Waals surface area contributed by atoms with Crippen molar-refractivity contribution in [3.05, 3.63) is 36.0 Å². The van der Waals surface area contributed by atoms with Crippen LogP contribution in [0.15, 0.2) is 30.5 Å². The van der Waals surface area contributed by atoms with Gasteiger partial charge in [-0.05, 0) is 42.5 Å². The Kier molecular flexibility index (Phi) is 5.39. The van der Waals surface area contributed by atoms with E-state index < -0.39 is 0 Å². The molecule has 0 radical (unpaired) electrons. The third-order valence-electron chi connectivity index (χ3n) is 3.41. The Morgan fingerprint density at radius 1 is 1.29 bits per heavy atom. The molecule has 0 saturated heterocycles. The number of nitrogens with zero attached hydrogens (tertiary/aromatic N) is 1. The Balaban J connectivity index is 2.11. The van der Waals surface area contributed by atoms with Gasteiger partial charge in [0.25, 0.3) is 0 Å². The number of nitrogens with one attached hydrogen (secondary N) is 2. The van der Waals surface area contributed by atoms with Gasteiger partial charge in [0.05, 0.1) is 0 Å². The molecule has 0 bridgehead atoms. The summed E-state index contributed by atoms with van der Waals surface area (Å²) in [6, 6.07) is 8.49. The van der Waals surface area contributed by atoms with Crippen LogP contribution in [0.5, 0.6) is 0 Å². The van der Waals surface area contributed by atoms with E-state index in [1.807, 2.05) is 17.7 Å². The first-order valence-corrected chi connectivity index (χ1v) is 7.65. The van der Waals surface area contributed by atoms with Gasteiger partial charge >= 0.3 is 0 Å². The number of amides is 1. The van der Waals surface area contributed by atoms with E-state index in [0.29, 0.717) is 19.0 Å². The van der Waals surface area contributed by atoms with Crippen molar-refractivity contribution in [2.24, 2.45) is 5.92 Å². The Hall–Kier alpha value is -1.81. The zero-order chi connectivity index (χ0) is 15.2. The average Bonchev–Trinajstić information content (AvgIpc) is 2.81. The molecule has 0 atom stereocenters. The molecule has 4 nitrogen and oxygen atoms in total. The molecule has 0 saturated carbocycles. The first-order valence-electron chi connectivity index (χ1n) is 7.65. The Morgan fingerprint density at radius 3 is 2.81 bits per heavy atom. The Labute approximate surface area is 126 Å². The number of carbonyl (C=O) groups is 1. The van der Waals surface area contributed by atoms with E-state index in [1.54, 1.807) is 0 Å². The van der Waals surface area contributed by atoms with Crippen LogP contribution in [0.1, 0.15) is 26.3 Å². The smallest absolute Gasteiger partial charge is 0.239 e. The van der Waals surface area contributed by atoms with E-state index in [2.05, 4.69) is 48.7 Å². The molecule has 0 aliphatic heterocycles. The summed E-state index contributed by atoms with van der Waals surface area (Å²) in [4.78, 5) is 11.7. The highest BCUT2D eigenvalue weighted by Gasteiger charge is 2.06. The van der Waals surface area contributed by atoms with Crippen molar-refractivity contribution in [2.45, 2.75) is 33.9 Å². The third-order valence-corrected chi connectivity index (χ3v) is 3.41. The van der Waals surface area contributed by atoms with Crippen LogP contribution in [0.3, 0.4) is 0 Å². The van der Waals surface area contributed by atoms with Crippen molar-refractivity contribution in [1.82, 2.24) is 15.2 Å². The standard InChI is InChI=1S/C17H25N3O/c1-4-19-17(21)12-20-8-7-15-6-5-14(9-16(15)20)11-18-10-13(2)3/h5-9,13,18H,4,10-12H2,1-3H3,(H,19,21). The molecule has 0 aliphatic carbocycles. The van der Waals surface area contributed by atoms with Crippen LogP contribution in [0, 0.1) is 5.92 Å². The topological polar surface area (TPSA) is 46.1 Å². The van der Waals surface area contributed by atoms with Crippen molar-refractivity contribution < 1.29 is 4.79 Å². The Morgan fingerprint density at radius 2 is 2.10 bits per heavy atom. The molecule has 2 aromatic rings. The first kappa shape index (κ1) is 15.6. The summed E-state index contributed by atoms with van der Waals surface area (Å²) in [6.07, 6.45) is 1.98. The number of benzene rings is 1. The fourth-order valence-electron chi connectivity index (χ4n) is 2.39. The predicted octanol–water partition coefficient (Wildman–Crippen LogP) is 2.52. The van der Waals surface area contributed by atoms with Crippen molar-refractivity contribution in [2.75, 3.05) is 13.1 Å². The van der Waals surface area contributed by atoms with Crippen molar-refractivity contribution in [3.63, 3.8) is 0 Å². The van der Waals surface area contributed by atoms with Crippen molar-refractivity contribution in [3.8, 4) is 0 Å². The van der Waals surface area contributed by atoms with Crippen molar-refractivity contribution >= 4 is 16.8 Å². The Bertz CT molecular complexity index is 601. The lowest BCUT2D eigenvalue weighted by Gasteiger charge is -2.09. The highest BCUT2D eigenvalue weighted by molar-refractivity contribution is 5.83. The minimum absolute atomic E-state index is 0.0540. The maximum atomic E-state index is 11.7. The molecule has 0 aliphatic rings. The number of hydrogen-bond donors (Lipinski definition) is 2. The van der Waals surface area contributed by atoms with Gasteiger partial charge in [-0.3, -0.25) is 4.79 Å². The van der Waals surface area contributed by atoms with Crippen LogP contribution < -0.4 is 10.6 Å². The van der Waals surface area contributed by atoms with Crippen LogP contribution >= 0.6 is 0 Å². The van der Waals surface area contributed by atoms with Gasteiger partial charge in [0.2, 0.25) is 5.91 Å². The molecule has 114 valence electrons. The minimum atomic E-state index is 0.0540. The summed E-state index contributed by atoms with van der Waals surface area (Å²) in [5.74, 6) is 0.702. The monoisotopic (exact) mass is 287 g/mol. The van der Waals surface area contributed by atoms with Gasteiger partial charge in [-0.15, -0.1) is 0 Å². The van der Waals surface area contributed by atoms with E-state index in [9.17, 15) is 4.79 Å². The van der Waals surface area contributed by atoms with Gasteiger partial charge in [-0.25, -0.2) is 0 Å². The summed E-state index contributed by atoms with van der Waals surface area (Å²) in [5.41, 5.74) is 2.36. The molecule has 2 N–H and O–H groups in total. The lowest BCUT2D eigenvalue weighted by atomic mass is 10.1. The predicted molar refractivity (Wildman–Crippen MR) is 87.2 cm³/mol. The minimum Gasteiger partial charge on any atom is -0.355 e. The van der Waals surface area contributed by atoms with Crippen LogP contribution in [0.2, 0.25) is 0 Å². The van der Waals surface area contributed by atoms with Crippen LogP contribution in [0.25, 0.3) is 10.9 Å². The molecule has 2 rings (SSSR count). The summed E-state index contributed by atoms with van der Waals surface area (Å²) in [7, 11) is 0. The number of carbonyl (C=O) groups excluding carboxylic acids is 1. The van der Waals surface area contributed by atoms with Crippen LogP contribution in [0.4, 0.5) is 0 Å². The fraction of sp³-hybridized carbons (Fsp3) is 0.471. The normalized spacial score (nSPS) is 11.2. The molecule has 1 aromatic carbocycles. The summed E-state index contributed by atoms with van der Waals surface area (Å²) < 4.78 is 2.01. The average molecular weight is 287 g/mol. The molecule has 4 heteroatoms. The highest BCUT2D eigenvalue weighted by Crippen LogP contribution is 2.17. The largest absolute Gasteiger partial charge is 0.355 e. The third kappa shape index (κ3) is 4.33. The van der Waals surface area contributed by atoms with Crippen LogP contribution in [-0.2, 0) is 17.9 Å². The van der Waals surface area contributed by atoms with Gasteiger partial charge in [-0.2, -0.15) is 0 Å². The van der Waals surface area contributed by atoms with E-state index in [4.69, 9.17) is 0 Å². The lowest BCUT2D eigenvalue weighted by Crippen LogP contribution is -2.26. The molecule has 1 amide bonds. The molecule has 0 unspecified atom stereocenters. The van der Waals surface area contributed by atoms with Gasteiger partial charge < -0.3 is 15.2 Å². The number of rotatable bonds is 7. The summed E-state index contributed by atoms with van der Waals surface area (Å²) in [6.45, 7) is 9.26. The summed E-state index contributed by atoms with van der Waals surface area (Å²) >= 11 is 0. The second kappa shape index (κ2) is 7.27. The van der Waals surface area contributed by atoms with Gasteiger partial charge in [0, 0.05) is 24.8 Å². The molecular formula is C17H25N3O. The van der Waals surface area contributed by atoms with E-state index in [-0.39, 0.29) is 5.91 Å². The second-order valence-electron chi connectivity index (χ2n) is 5.82. The zero-order valence-electron chi connectivity index (χ0n) is 13.1. The molecular weight excluding hydrogens is 262 g/mol.